The normalized spacial score (nSPS) is 15.3. The van der Waals surface area contributed by atoms with Crippen LogP contribution >= 0.6 is 27.5 Å². The van der Waals surface area contributed by atoms with Gasteiger partial charge in [-0.05, 0) is 35.4 Å². The summed E-state index contributed by atoms with van der Waals surface area (Å²) in [6, 6.07) is 17.4. The summed E-state index contributed by atoms with van der Waals surface area (Å²) < 4.78 is 1.000. The van der Waals surface area contributed by atoms with Crippen LogP contribution in [0.5, 0.6) is 0 Å². The molecular formula is C17H13BrClN3. The van der Waals surface area contributed by atoms with Gasteiger partial charge < -0.3 is 0 Å². The van der Waals surface area contributed by atoms with Gasteiger partial charge >= 0.3 is 0 Å². The maximum absolute atomic E-state index is 9.51. The predicted octanol–water partition coefficient (Wildman–Crippen LogP) is 4.78. The molecular weight excluding hydrogens is 362 g/mol. The van der Waals surface area contributed by atoms with Gasteiger partial charge in [-0.1, -0.05) is 51.8 Å². The van der Waals surface area contributed by atoms with Crippen LogP contribution in [0.2, 0.25) is 5.02 Å². The third-order valence-electron chi connectivity index (χ3n) is 3.61. The van der Waals surface area contributed by atoms with Gasteiger partial charge in [-0.25, -0.2) is 0 Å². The number of nitrogens with zero attached hydrogens (tertiary/aromatic N) is 3. The van der Waals surface area contributed by atoms with Crippen LogP contribution in [-0.2, 0) is 0 Å². The molecule has 3 nitrogen and oxygen atoms in total. The van der Waals surface area contributed by atoms with E-state index >= 15 is 0 Å². The van der Waals surface area contributed by atoms with Gasteiger partial charge in [-0.3, -0.25) is 5.01 Å². The lowest BCUT2D eigenvalue weighted by Gasteiger charge is -2.20. The van der Waals surface area contributed by atoms with Crippen LogP contribution in [-0.4, -0.2) is 17.3 Å². The highest BCUT2D eigenvalue weighted by molar-refractivity contribution is 9.10. The quantitative estimate of drug-likeness (QED) is 0.776. The Balaban J connectivity index is 1.84. The number of hydrogen-bond donors (Lipinski definition) is 0. The molecule has 0 radical (unpaired) electrons. The Labute approximate surface area is 142 Å². The van der Waals surface area contributed by atoms with Crippen molar-refractivity contribution in [2.45, 2.75) is 12.5 Å². The lowest BCUT2D eigenvalue weighted by molar-refractivity contribution is 0.275. The van der Waals surface area contributed by atoms with Crippen molar-refractivity contribution < 1.29 is 0 Å². The SMILES string of the molecule is N#CC(c1ccc(Br)cc1)N1CCC(c2ccc(Cl)cc2)=N1. The molecule has 0 saturated carbocycles. The Kier molecular flexibility index (Phi) is 4.47. The minimum Gasteiger partial charge on any atom is -0.275 e. The second-order valence-corrected chi connectivity index (χ2v) is 6.40. The summed E-state index contributed by atoms with van der Waals surface area (Å²) in [5.74, 6) is 0. The zero-order valence-corrected chi connectivity index (χ0v) is 14.0. The highest BCUT2D eigenvalue weighted by Gasteiger charge is 2.24. The summed E-state index contributed by atoms with van der Waals surface area (Å²) >= 11 is 9.33. The molecule has 1 unspecified atom stereocenters. The van der Waals surface area contributed by atoms with Crippen molar-refractivity contribution in [3.05, 3.63) is 69.2 Å². The molecule has 0 aromatic heterocycles. The van der Waals surface area contributed by atoms with Crippen LogP contribution in [0.1, 0.15) is 23.6 Å². The molecule has 110 valence electrons. The maximum atomic E-state index is 9.51. The Bertz CT molecular complexity index is 732. The molecule has 1 aliphatic heterocycles. The Morgan fingerprint density at radius 3 is 2.45 bits per heavy atom. The van der Waals surface area contributed by atoms with Gasteiger partial charge in [0.25, 0.3) is 0 Å². The van der Waals surface area contributed by atoms with Gasteiger partial charge in [0.05, 0.1) is 11.8 Å². The van der Waals surface area contributed by atoms with E-state index < -0.39 is 0 Å². The summed E-state index contributed by atoms with van der Waals surface area (Å²) in [6.45, 7) is 0.742. The van der Waals surface area contributed by atoms with Crippen molar-refractivity contribution in [1.29, 1.82) is 5.26 Å². The summed E-state index contributed by atoms with van der Waals surface area (Å²) in [7, 11) is 0. The van der Waals surface area contributed by atoms with E-state index in [-0.39, 0.29) is 6.04 Å². The monoisotopic (exact) mass is 373 g/mol. The first-order valence-corrected chi connectivity index (χ1v) is 8.09. The number of rotatable bonds is 3. The second kappa shape index (κ2) is 6.51. The molecule has 1 heterocycles. The zero-order chi connectivity index (χ0) is 15.5. The smallest absolute Gasteiger partial charge is 0.158 e. The number of hydrazone groups is 1. The fourth-order valence-electron chi connectivity index (χ4n) is 2.47. The van der Waals surface area contributed by atoms with Gasteiger partial charge in [0.1, 0.15) is 0 Å². The average molecular weight is 375 g/mol. The van der Waals surface area contributed by atoms with Crippen molar-refractivity contribution in [3.8, 4) is 6.07 Å². The molecule has 0 saturated heterocycles. The van der Waals surface area contributed by atoms with Crippen LogP contribution < -0.4 is 0 Å². The molecule has 22 heavy (non-hydrogen) atoms. The average Bonchev–Trinajstić information content (AvgIpc) is 3.00. The molecule has 3 rings (SSSR count). The number of hydrogen-bond acceptors (Lipinski definition) is 3. The third kappa shape index (κ3) is 3.16. The topological polar surface area (TPSA) is 39.4 Å². The summed E-state index contributed by atoms with van der Waals surface area (Å²) in [4.78, 5) is 0. The largest absolute Gasteiger partial charge is 0.275 e. The minimum atomic E-state index is -0.363. The van der Waals surface area contributed by atoms with Crippen LogP contribution in [0.15, 0.2) is 58.1 Å². The van der Waals surface area contributed by atoms with E-state index in [0.29, 0.717) is 5.02 Å². The highest BCUT2D eigenvalue weighted by atomic mass is 79.9. The number of halogens is 2. The van der Waals surface area contributed by atoms with Gasteiger partial charge in [0.15, 0.2) is 6.04 Å². The predicted molar refractivity (Wildman–Crippen MR) is 91.8 cm³/mol. The molecule has 5 heteroatoms. The second-order valence-electron chi connectivity index (χ2n) is 5.05. The van der Waals surface area contributed by atoms with E-state index in [1.165, 1.54) is 0 Å². The van der Waals surface area contributed by atoms with Gasteiger partial charge in [-0.2, -0.15) is 10.4 Å². The minimum absolute atomic E-state index is 0.363. The summed E-state index contributed by atoms with van der Waals surface area (Å²) in [6.07, 6.45) is 0.830. The van der Waals surface area contributed by atoms with Crippen molar-refractivity contribution in [2.24, 2.45) is 5.10 Å². The number of nitriles is 1. The first-order valence-electron chi connectivity index (χ1n) is 6.92. The van der Waals surface area contributed by atoms with Crippen molar-refractivity contribution >= 4 is 33.2 Å². The molecule has 0 spiro atoms. The van der Waals surface area contributed by atoms with Gasteiger partial charge in [0.2, 0.25) is 0 Å². The molecule has 0 aliphatic carbocycles. The van der Waals surface area contributed by atoms with E-state index in [0.717, 1.165) is 34.3 Å². The fourth-order valence-corrected chi connectivity index (χ4v) is 2.86. The van der Waals surface area contributed by atoms with Crippen LogP contribution in [0.25, 0.3) is 0 Å². The van der Waals surface area contributed by atoms with E-state index in [9.17, 15) is 5.26 Å². The van der Waals surface area contributed by atoms with Gasteiger partial charge in [0, 0.05) is 22.5 Å². The standard InChI is InChI=1S/C17H13BrClN3/c18-14-5-1-13(2-6-14)17(11-20)22-10-9-16(21-22)12-3-7-15(19)8-4-12/h1-8,17H,9-10H2. The summed E-state index contributed by atoms with van der Waals surface area (Å²) in [5, 5.41) is 16.7. The highest BCUT2D eigenvalue weighted by Crippen LogP contribution is 2.27. The molecule has 2 aromatic rings. The number of benzene rings is 2. The first kappa shape index (κ1) is 15.1. The van der Waals surface area contributed by atoms with Gasteiger partial charge in [-0.15, -0.1) is 0 Å². The van der Waals surface area contributed by atoms with E-state index in [1.807, 2.05) is 53.5 Å². The van der Waals surface area contributed by atoms with Crippen LogP contribution in [0, 0.1) is 11.3 Å². The van der Waals surface area contributed by atoms with Crippen molar-refractivity contribution in [3.63, 3.8) is 0 Å². The summed E-state index contributed by atoms with van der Waals surface area (Å²) in [5.41, 5.74) is 3.00. The molecule has 1 aliphatic rings. The van der Waals surface area contributed by atoms with Crippen molar-refractivity contribution in [2.75, 3.05) is 6.54 Å². The first-order chi connectivity index (χ1) is 10.7. The molecule has 0 N–H and O–H groups in total. The molecule has 0 amide bonds. The Morgan fingerprint density at radius 1 is 1.14 bits per heavy atom. The molecule has 0 bridgehead atoms. The molecule has 2 aromatic carbocycles. The van der Waals surface area contributed by atoms with E-state index in [1.54, 1.807) is 0 Å². The van der Waals surface area contributed by atoms with Crippen LogP contribution in [0.3, 0.4) is 0 Å². The molecule has 0 fully saturated rings. The Hall–Kier alpha value is -1.83. The molecule has 1 atom stereocenters. The van der Waals surface area contributed by atoms with E-state index in [4.69, 9.17) is 11.6 Å². The van der Waals surface area contributed by atoms with Crippen molar-refractivity contribution in [1.82, 2.24) is 5.01 Å². The van der Waals surface area contributed by atoms with E-state index in [2.05, 4.69) is 27.1 Å². The fraction of sp³-hybridized carbons (Fsp3) is 0.176. The maximum Gasteiger partial charge on any atom is 0.158 e. The third-order valence-corrected chi connectivity index (χ3v) is 4.39. The van der Waals surface area contributed by atoms with Crippen LogP contribution in [0.4, 0.5) is 0 Å². The lowest BCUT2D eigenvalue weighted by atomic mass is 10.1. The lowest BCUT2D eigenvalue weighted by Crippen LogP contribution is -2.20. The Morgan fingerprint density at radius 2 is 1.82 bits per heavy atom. The zero-order valence-electron chi connectivity index (χ0n) is 11.7.